The van der Waals surface area contributed by atoms with Gasteiger partial charge >= 0.3 is 0 Å². The number of hydrogen-bond donors (Lipinski definition) is 1. The van der Waals surface area contributed by atoms with Crippen LogP contribution in [0.4, 0.5) is 0 Å². The van der Waals surface area contributed by atoms with Gasteiger partial charge in [0.2, 0.25) is 21.8 Å². The zero-order valence-electron chi connectivity index (χ0n) is 12.4. The lowest BCUT2D eigenvalue weighted by Crippen LogP contribution is -2.65. The van der Waals surface area contributed by atoms with Gasteiger partial charge in [0.25, 0.3) is 0 Å². The Balaban J connectivity index is 2.56. The lowest BCUT2D eigenvalue weighted by molar-refractivity contribution is -0.141. The number of carbonyl (C=O) groups is 2. The first-order valence-electron chi connectivity index (χ1n) is 6.50. The Morgan fingerprint density at radius 3 is 2.14 bits per heavy atom. The van der Waals surface area contributed by atoms with Gasteiger partial charge in [-0.2, -0.15) is 4.31 Å². The highest BCUT2D eigenvalue weighted by Crippen LogP contribution is 2.27. The van der Waals surface area contributed by atoms with E-state index in [-0.39, 0.29) is 11.4 Å². The smallest absolute Gasteiger partial charge is 0.247 e. The van der Waals surface area contributed by atoms with Crippen LogP contribution in [-0.4, -0.2) is 36.6 Å². The lowest BCUT2D eigenvalue weighted by Gasteiger charge is -2.38. The number of rotatable bonds is 2. The second kappa shape index (κ2) is 4.92. The fourth-order valence-electron chi connectivity index (χ4n) is 2.35. The molecule has 0 aliphatic carbocycles. The molecule has 1 saturated heterocycles. The van der Waals surface area contributed by atoms with Crippen LogP contribution in [0.1, 0.15) is 25.0 Å². The summed E-state index contributed by atoms with van der Waals surface area (Å²) in [5.41, 5.74) is 0.294. The average Bonchev–Trinajstić information content (AvgIpc) is 2.32. The molecule has 1 heterocycles. The van der Waals surface area contributed by atoms with E-state index in [0.29, 0.717) is 0 Å². The van der Waals surface area contributed by atoms with Gasteiger partial charge in [0.1, 0.15) is 5.54 Å². The minimum absolute atomic E-state index is 0.0931. The van der Waals surface area contributed by atoms with Gasteiger partial charge in [0, 0.05) is 0 Å². The van der Waals surface area contributed by atoms with Crippen molar-refractivity contribution in [2.45, 2.75) is 38.1 Å². The number of amides is 2. The highest BCUT2D eigenvalue weighted by atomic mass is 32.2. The standard InChI is InChI=1S/C14H18N2O4S/c1-9-5-10(2)7-11(6-9)21(19,20)16-8-12(17)15-13(18)14(16,3)4/h5-7H,8H2,1-4H3,(H,15,17,18). The fourth-order valence-corrected chi connectivity index (χ4v) is 4.25. The second-order valence-electron chi connectivity index (χ2n) is 5.77. The molecule has 0 unspecified atom stereocenters. The molecule has 6 nitrogen and oxygen atoms in total. The van der Waals surface area contributed by atoms with Gasteiger partial charge < -0.3 is 0 Å². The van der Waals surface area contributed by atoms with Crippen LogP contribution in [0.25, 0.3) is 0 Å². The van der Waals surface area contributed by atoms with Crippen molar-refractivity contribution in [3.8, 4) is 0 Å². The molecule has 1 aliphatic rings. The molecular weight excluding hydrogens is 292 g/mol. The Morgan fingerprint density at radius 1 is 1.10 bits per heavy atom. The Kier molecular flexibility index (Phi) is 3.67. The van der Waals surface area contributed by atoms with E-state index in [2.05, 4.69) is 5.32 Å². The van der Waals surface area contributed by atoms with E-state index in [1.54, 1.807) is 13.8 Å². The number of nitrogens with zero attached hydrogens (tertiary/aromatic N) is 1. The molecule has 114 valence electrons. The highest BCUT2D eigenvalue weighted by Gasteiger charge is 2.47. The van der Waals surface area contributed by atoms with Gasteiger partial charge in [-0.3, -0.25) is 14.9 Å². The van der Waals surface area contributed by atoms with Crippen molar-refractivity contribution in [1.29, 1.82) is 0 Å². The third kappa shape index (κ3) is 2.71. The summed E-state index contributed by atoms with van der Waals surface area (Å²) < 4.78 is 26.5. The molecule has 2 rings (SSSR count). The van der Waals surface area contributed by atoms with Gasteiger partial charge in [-0.25, -0.2) is 8.42 Å². The van der Waals surface area contributed by atoms with Crippen molar-refractivity contribution in [3.63, 3.8) is 0 Å². The van der Waals surface area contributed by atoms with Gasteiger partial charge in [-0.1, -0.05) is 6.07 Å². The topological polar surface area (TPSA) is 83.6 Å². The number of aryl methyl sites for hydroxylation is 2. The van der Waals surface area contributed by atoms with E-state index in [0.717, 1.165) is 15.4 Å². The van der Waals surface area contributed by atoms with Crippen LogP contribution < -0.4 is 5.32 Å². The van der Waals surface area contributed by atoms with Crippen LogP contribution in [-0.2, 0) is 19.6 Å². The van der Waals surface area contributed by atoms with Gasteiger partial charge in [-0.15, -0.1) is 0 Å². The normalized spacial score (nSPS) is 19.4. The van der Waals surface area contributed by atoms with E-state index in [4.69, 9.17) is 0 Å². The maximum absolute atomic E-state index is 12.8. The number of hydrogen-bond acceptors (Lipinski definition) is 4. The summed E-state index contributed by atoms with van der Waals surface area (Å²) in [7, 11) is -3.93. The first-order valence-corrected chi connectivity index (χ1v) is 7.94. The van der Waals surface area contributed by atoms with Gasteiger partial charge in [-0.05, 0) is 51.0 Å². The third-order valence-electron chi connectivity index (χ3n) is 3.50. The summed E-state index contributed by atoms with van der Waals surface area (Å²) in [5.74, 6) is -1.24. The Labute approximate surface area is 124 Å². The molecular formula is C14H18N2O4S. The van der Waals surface area contributed by atoms with Crippen LogP contribution in [0.15, 0.2) is 23.1 Å². The predicted molar refractivity (Wildman–Crippen MR) is 77.0 cm³/mol. The van der Waals surface area contributed by atoms with Crippen molar-refractivity contribution in [2.75, 3.05) is 6.54 Å². The van der Waals surface area contributed by atoms with Crippen molar-refractivity contribution >= 4 is 21.8 Å². The molecule has 7 heteroatoms. The van der Waals surface area contributed by atoms with Gasteiger partial charge in [0.15, 0.2) is 0 Å². The van der Waals surface area contributed by atoms with Crippen LogP contribution >= 0.6 is 0 Å². The molecule has 0 spiro atoms. The largest absolute Gasteiger partial charge is 0.294 e. The highest BCUT2D eigenvalue weighted by molar-refractivity contribution is 7.89. The van der Waals surface area contributed by atoms with E-state index < -0.39 is 27.4 Å². The Morgan fingerprint density at radius 2 is 1.62 bits per heavy atom. The van der Waals surface area contributed by atoms with Crippen molar-refractivity contribution < 1.29 is 18.0 Å². The molecule has 0 saturated carbocycles. The molecule has 1 aromatic carbocycles. The van der Waals surface area contributed by atoms with E-state index in [9.17, 15) is 18.0 Å². The first kappa shape index (κ1) is 15.7. The molecule has 0 bridgehead atoms. The molecule has 0 radical (unpaired) electrons. The fraction of sp³-hybridized carbons (Fsp3) is 0.429. The zero-order valence-corrected chi connectivity index (χ0v) is 13.2. The van der Waals surface area contributed by atoms with Crippen molar-refractivity contribution in [2.24, 2.45) is 0 Å². The van der Waals surface area contributed by atoms with Crippen LogP contribution in [0.3, 0.4) is 0 Å². The number of piperazine rings is 1. The van der Waals surface area contributed by atoms with Crippen LogP contribution in [0, 0.1) is 13.8 Å². The van der Waals surface area contributed by atoms with E-state index in [1.807, 2.05) is 6.07 Å². The molecule has 0 atom stereocenters. The van der Waals surface area contributed by atoms with Crippen molar-refractivity contribution in [3.05, 3.63) is 29.3 Å². The monoisotopic (exact) mass is 310 g/mol. The molecule has 1 fully saturated rings. The number of imide groups is 1. The maximum atomic E-state index is 12.8. The number of benzene rings is 1. The molecule has 1 N–H and O–H groups in total. The predicted octanol–water partition coefficient (Wildman–Crippen LogP) is 0.729. The maximum Gasteiger partial charge on any atom is 0.247 e. The minimum Gasteiger partial charge on any atom is -0.294 e. The van der Waals surface area contributed by atoms with E-state index >= 15 is 0 Å². The summed E-state index contributed by atoms with van der Waals surface area (Å²) in [6, 6.07) is 4.93. The Hall–Kier alpha value is -1.73. The first-order chi connectivity index (χ1) is 9.55. The molecule has 1 aliphatic heterocycles. The summed E-state index contributed by atoms with van der Waals surface area (Å²) in [4.78, 5) is 23.5. The van der Waals surface area contributed by atoms with Crippen LogP contribution in [0.2, 0.25) is 0 Å². The Bertz CT molecular complexity index is 702. The number of carbonyl (C=O) groups excluding carboxylic acids is 2. The molecule has 1 aromatic rings. The lowest BCUT2D eigenvalue weighted by atomic mass is 10.0. The van der Waals surface area contributed by atoms with Crippen LogP contribution in [0.5, 0.6) is 0 Å². The second-order valence-corrected chi connectivity index (χ2v) is 7.63. The average molecular weight is 310 g/mol. The minimum atomic E-state index is -3.93. The summed E-state index contributed by atoms with van der Waals surface area (Å²) in [6.07, 6.45) is 0. The number of sulfonamides is 1. The number of nitrogens with one attached hydrogen (secondary N) is 1. The van der Waals surface area contributed by atoms with Gasteiger partial charge in [0.05, 0.1) is 11.4 Å². The zero-order chi connectivity index (χ0) is 16.0. The third-order valence-corrected chi connectivity index (χ3v) is 5.50. The molecule has 2 amide bonds. The molecule has 21 heavy (non-hydrogen) atoms. The van der Waals surface area contributed by atoms with Crippen molar-refractivity contribution in [1.82, 2.24) is 9.62 Å². The van der Waals surface area contributed by atoms with E-state index in [1.165, 1.54) is 26.0 Å². The summed E-state index contributed by atoms with van der Waals surface area (Å²) in [6.45, 7) is 6.19. The SMILES string of the molecule is Cc1cc(C)cc(S(=O)(=O)N2CC(=O)NC(=O)C2(C)C)c1. The molecule has 0 aromatic heterocycles. The quantitative estimate of drug-likeness (QED) is 0.816. The summed E-state index contributed by atoms with van der Waals surface area (Å²) >= 11 is 0. The summed E-state index contributed by atoms with van der Waals surface area (Å²) in [5, 5.41) is 2.16.